The molecule has 0 aliphatic rings. The predicted molar refractivity (Wildman–Crippen MR) is 80.7 cm³/mol. The van der Waals surface area contributed by atoms with Crippen molar-refractivity contribution in [3.05, 3.63) is 17.5 Å². The third-order valence-corrected chi connectivity index (χ3v) is 8.51. The van der Waals surface area contributed by atoms with E-state index >= 15 is 0 Å². The van der Waals surface area contributed by atoms with Crippen molar-refractivity contribution in [1.29, 1.82) is 0 Å². The molecule has 0 unspecified atom stereocenters. The third-order valence-electron chi connectivity index (χ3n) is 4.01. The zero-order chi connectivity index (χ0) is 14.8. The maximum atomic E-state index is 9.35. The van der Waals surface area contributed by atoms with Gasteiger partial charge in [0.1, 0.15) is 0 Å². The molecule has 0 saturated heterocycles. The van der Waals surface area contributed by atoms with Gasteiger partial charge in [0, 0.05) is 0 Å². The number of aryl methyl sites for hydroxylation is 1. The van der Waals surface area contributed by atoms with Crippen LogP contribution in [0.2, 0.25) is 18.1 Å². The molecule has 0 fully saturated rings. The summed E-state index contributed by atoms with van der Waals surface area (Å²) in [5.41, 5.74) is 1.78. The van der Waals surface area contributed by atoms with Gasteiger partial charge >= 0.3 is 0 Å². The summed E-state index contributed by atoms with van der Waals surface area (Å²) in [6, 6.07) is 2.06. The molecule has 0 bridgehead atoms. The molecule has 0 radical (unpaired) electrons. The summed E-state index contributed by atoms with van der Waals surface area (Å²) >= 11 is 0. The van der Waals surface area contributed by atoms with Crippen molar-refractivity contribution < 1.29 is 9.53 Å². The Kier molecular flexibility index (Phi) is 4.98. The van der Waals surface area contributed by atoms with Crippen LogP contribution in [0.3, 0.4) is 0 Å². The van der Waals surface area contributed by atoms with E-state index in [1.54, 1.807) is 0 Å². The molecule has 1 rings (SSSR count). The number of rotatable bonds is 5. The van der Waals surface area contributed by atoms with Crippen molar-refractivity contribution in [2.45, 2.75) is 65.4 Å². The van der Waals surface area contributed by atoms with E-state index in [0.717, 1.165) is 11.4 Å². The maximum Gasteiger partial charge on any atom is 0.192 e. The highest BCUT2D eigenvalue weighted by Crippen LogP contribution is 2.37. The lowest BCUT2D eigenvalue weighted by atomic mass is 10.2. The SMILES string of the molecule is Cc1cc(CO)n([C@@H](C)CO[Si](C)(C)C(C)(C)C)n1. The first-order valence-electron chi connectivity index (χ1n) is 6.88. The van der Waals surface area contributed by atoms with Gasteiger partial charge in [-0.05, 0) is 38.0 Å². The average molecular weight is 284 g/mol. The molecule has 0 spiro atoms. The van der Waals surface area contributed by atoms with E-state index in [1.807, 2.05) is 17.7 Å². The Morgan fingerprint density at radius 1 is 1.42 bits per heavy atom. The molecule has 4 nitrogen and oxygen atoms in total. The van der Waals surface area contributed by atoms with Gasteiger partial charge in [-0.25, -0.2) is 0 Å². The Morgan fingerprint density at radius 3 is 2.47 bits per heavy atom. The van der Waals surface area contributed by atoms with Crippen LogP contribution in [0.5, 0.6) is 0 Å². The van der Waals surface area contributed by atoms with Crippen LogP contribution >= 0.6 is 0 Å². The average Bonchev–Trinajstić information content (AvgIpc) is 2.66. The molecular weight excluding hydrogens is 256 g/mol. The molecule has 0 saturated carbocycles. The van der Waals surface area contributed by atoms with Crippen LogP contribution < -0.4 is 0 Å². The summed E-state index contributed by atoms with van der Waals surface area (Å²) < 4.78 is 8.09. The highest BCUT2D eigenvalue weighted by molar-refractivity contribution is 6.74. The largest absolute Gasteiger partial charge is 0.415 e. The summed E-state index contributed by atoms with van der Waals surface area (Å²) in [5.74, 6) is 0. The van der Waals surface area contributed by atoms with Gasteiger partial charge in [0.15, 0.2) is 8.32 Å². The molecule has 1 heterocycles. The fourth-order valence-electron chi connectivity index (χ4n) is 1.69. The molecule has 1 aromatic rings. The second-order valence-corrected chi connectivity index (χ2v) is 11.6. The van der Waals surface area contributed by atoms with Crippen LogP contribution in [-0.4, -0.2) is 29.8 Å². The molecule has 1 N–H and O–H groups in total. The second kappa shape index (κ2) is 5.77. The summed E-state index contributed by atoms with van der Waals surface area (Å²) in [6.45, 7) is 15.9. The van der Waals surface area contributed by atoms with Crippen molar-refractivity contribution in [3.8, 4) is 0 Å². The Balaban J connectivity index is 2.73. The van der Waals surface area contributed by atoms with E-state index in [-0.39, 0.29) is 17.7 Å². The third kappa shape index (κ3) is 3.90. The molecule has 5 heteroatoms. The van der Waals surface area contributed by atoms with Gasteiger partial charge < -0.3 is 9.53 Å². The summed E-state index contributed by atoms with van der Waals surface area (Å²) in [6.07, 6.45) is 0. The molecule has 1 atom stereocenters. The molecule has 0 aromatic carbocycles. The van der Waals surface area contributed by atoms with Gasteiger partial charge in [0.05, 0.1) is 30.6 Å². The minimum atomic E-state index is -1.72. The van der Waals surface area contributed by atoms with Crippen LogP contribution in [0.1, 0.15) is 45.1 Å². The molecule has 19 heavy (non-hydrogen) atoms. The molecule has 0 aliphatic heterocycles. The fraction of sp³-hybridized carbons (Fsp3) is 0.786. The number of nitrogens with zero attached hydrogens (tertiary/aromatic N) is 2. The Bertz CT molecular complexity index is 422. The first-order valence-corrected chi connectivity index (χ1v) is 9.79. The molecular formula is C14H28N2O2Si. The Labute approximate surface area is 117 Å². The summed E-state index contributed by atoms with van der Waals surface area (Å²) in [4.78, 5) is 0. The van der Waals surface area contributed by atoms with E-state index in [2.05, 4.69) is 45.9 Å². The first kappa shape index (κ1) is 16.4. The zero-order valence-electron chi connectivity index (χ0n) is 13.3. The minimum Gasteiger partial charge on any atom is -0.415 e. The predicted octanol–water partition coefficient (Wildman–Crippen LogP) is 3.27. The van der Waals surface area contributed by atoms with Crippen LogP contribution in [0.4, 0.5) is 0 Å². The van der Waals surface area contributed by atoms with Crippen LogP contribution in [0.25, 0.3) is 0 Å². The van der Waals surface area contributed by atoms with Crippen molar-refractivity contribution >= 4 is 8.32 Å². The normalized spacial score (nSPS) is 14.7. The number of aliphatic hydroxyl groups excluding tert-OH is 1. The lowest BCUT2D eigenvalue weighted by Gasteiger charge is -2.37. The quantitative estimate of drug-likeness (QED) is 0.844. The Morgan fingerprint density at radius 2 is 2.00 bits per heavy atom. The lowest BCUT2D eigenvalue weighted by molar-refractivity contribution is 0.214. The monoisotopic (exact) mass is 284 g/mol. The maximum absolute atomic E-state index is 9.35. The fourth-order valence-corrected chi connectivity index (χ4v) is 2.78. The molecule has 0 amide bonds. The number of hydrogen-bond donors (Lipinski definition) is 1. The van der Waals surface area contributed by atoms with Gasteiger partial charge in [0.25, 0.3) is 0 Å². The molecule has 110 valence electrons. The standard InChI is InChI=1S/C14H28N2O2Si/c1-11-8-13(9-17)16(15-11)12(2)10-18-19(6,7)14(3,4)5/h8,12,17H,9-10H2,1-7H3/t12-/m0/s1. The number of aromatic nitrogens is 2. The number of hydrogen-bond acceptors (Lipinski definition) is 3. The smallest absolute Gasteiger partial charge is 0.192 e. The number of aliphatic hydroxyl groups is 1. The van der Waals surface area contributed by atoms with Gasteiger partial charge in [-0.3, -0.25) is 4.68 Å². The molecule has 1 aromatic heterocycles. The minimum absolute atomic E-state index is 0.0191. The summed E-state index contributed by atoms with van der Waals surface area (Å²) in [5, 5.41) is 14.0. The van der Waals surface area contributed by atoms with Crippen molar-refractivity contribution in [2.24, 2.45) is 0 Å². The van der Waals surface area contributed by atoms with E-state index < -0.39 is 8.32 Å². The highest BCUT2D eigenvalue weighted by atomic mass is 28.4. The van der Waals surface area contributed by atoms with Crippen molar-refractivity contribution in [2.75, 3.05) is 6.61 Å². The van der Waals surface area contributed by atoms with E-state index in [9.17, 15) is 5.11 Å². The lowest BCUT2D eigenvalue weighted by Crippen LogP contribution is -2.42. The van der Waals surface area contributed by atoms with Crippen LogP contribution in [0, 0.1) is 6.92 Å². The van der Waals surface area contributed by atoms with Crippen molar-refractivity contribution in [1.82, 2.24) is 9.78 Å². The zero-order valence-corrected chi connectivity index (χ0v) is 14.3. The molecule has 0 aliphatic carbocycles. The Hall–Kier alpha value is -0.653. The van der Waals surface area contributed by atoms with Crippen LogP contribution in [0.15, 0.2) is 6.07 Å². The first-order chi connectivity index (χ1) is 8.58. The van der Waals surface area contributed by atoms with E-state index in [0.29, 0.717) is 6.61 Å². The van der Waals surface area contributed by atoms with Crippen LogP contribution in [-0.2, 0) is 11.0 Å². The van der Waals surface area contributed by atoms with E-state index in [1.165, 1.54) is 0 Å². The van der Waals surface area contributed by atoms with Gasteiger partial charge in [-0.2, -0.15) is 5.10 Å². The van der Waals surface area contributed by atoms with Gasteiger partial charge in [-0.15, -0.1) is 0 Å². The topological polar surface area (TPSA) is 47.3 Å². The summed E-state index contributed by atoms with van der Waals surface area (Å²) in [7, 11) is -1.72. The van der Waals surface area contributed by atoms with Gasteiger partial charge in [0.2, 0.25) is 0 Å². The second-order valence-electron chi connectivity index (χ2n) is 6.80. The van der Waals surface area contributed by atoms with Gasteiger partial charge in [-0.1, -0.05) is 20.8 Å². The highest BCUT2D eigenvalue weighted by Gasteiger charge is 2.37. The van der Waals surface area contributed by atoms with E-state index in [4.69, 9.17) is 4.43 Å². The van der Waals surface area contributed by atoms with Crippen molar-refractivity contribution in [3.63, 3.8) is 0 Å².